The predicted molar refractivity (Wildman–Crippen MR) is 86.9 cm³/mol. The fourth-order valence-electron chi connectivity index (χ4n) is 2.46. The molecule has 1 unspecified atom stereocenters. The molecule has 1 aromatic carbocycles. The smallest absolute Gasteiger partial charge is 0.0502 e. The third-order valence-corrected chi connectivity index (χ3v) is 3.87. The number of rotatable bonds is 11. The van der Waals surface area contributed by atoms with E-state index in [1.807, 2.05) is 0 Å². The lowest BCUT2D eigenvalue weighted by Crippen LogP contribution is -2.10. The second-order valence-corrected chi connectivity index (χ2v) is 5.65. The van der Waals surface area contributed by atoms with E-state index in [2.05, 4.69) is 31.2 Å². The van der Waals surface area contributed by atoms with Crippen molar-refractivity contribution in [2.75, 3.05) is 13.7 Å². The summed E-state index contributed by atoms with van der Waals surface area (Å²) in [5, 5.41) is 0. The van der Waals surface area contributed by atoms with E-state index in [1.165, 1.54) is 49.7 Å². The maximum Gasteiger partial charge on any atom is 0.0502 e. The van der Waals surface area contributed by atoms with Gasteiger partial charge in [-0.1, -0.05) is 69.7 Å². The first-order chi connectivity index (χ1) is 9.77. The Morgan fingerprint density at radius 3 is 2.30 bits per heavy atom. The molecule has 0 aliphatic rings. The molecular formula is C18H31NO. The van der Waals surface area contributed by atoms with E-state index in [9.17, 15) is 0 Å². The van der Waals surface area contributed by atoms with Gasteiger partial charge in [0, 0.05) is 13.2 Å². The van der Waals surface area contributed by atoms with Crippen molar-refractivity contribution in [1.29, 1.82) is 0 Å². The molecule has 0 amide bonds. The third-order valence-electron chi connectivity index (χ3n) is 3.87. The summed E-state index contributed by atoms with van der Waals surface area (Å²) in [6.07, 6.45) is 10.1. The Kier molecular flexibility index (Phi) is 9.35. The first-order valence-corrected chi connectivity index (χ1v) is 8.11. The van der Waals surface area contributed by atoms with Crippen LogP contribution in [0.2, 0.25) is 0 Å². The standard InChI is InChI=1S/C18H31NO/c1-3-4-5-6-7-8-9-18(19)17-12-10-16(11-13-17)14-15-20-2/h10-13,18H,3-9,14-15,19H2,1-2H3. The number of unbranched alkanes of at least 4 members (excludes halogenated alkanes) is 5. The molecule has 2 nitrogen and oxygen atoms in total. The number of ether oxygens (including phenoxy) is 1. The van der Waals surface area contributed by atoms with Crippen molar-refractivity contribution in [3.63, 3.8) is 0 Å². The number of benzene rings is 1. The molecule has 0 saturated carbocycles. The monoisotopic (exact) mass is 277 g/mol. The van der Waals surface area contributed by atoms with Crippen LogP contribution in [0.4, 0.5) is 0 Å². The maximum absolute atomic E-state index is 6.26. The van der Waals surface area contributed by atoms with Gasteiger partial charge in [0.05, 0.1) is 6.61 Å². The zero-order valence-corrected chi connectivity index (χ0v) is 13.2. The van der Waals surface area contributed by atoms with Crippen LogP contribution in [0.5, 0.6) is 0 Å². The van der Waals surface area contributed by atoms with Crippen molar-refractivity contribution < 1.29 is 4.74 Å². The first kappa shape index (κ1) is 17.2. The average molecular weight is 277 g/mol. The van der Waals surface area contributed by atoms with Crippen LogP contribution in [0.15, 0.2) is 24.3 Å². The van der Waals surface area contributed by atoms with Crippen molar-refractivity contribution in [3.05, 3.63) is 35.4 Å². The minimum absolute atomic E-state index is 0.192. The van der Waals surface area contributed by atoms with E-state index in [4.69, 9.17) is 10.5 Å². The summed E-state index contributed by atoms with van der Waals surface area (Å²) < 4.78 is 5.09. The number of nitrogens with two attached hydrogens (primary N) is 1. The molecule has 0 aliphatic carbocycles. The molecule has 0 fully saturated rings. The molecule has 0 aliphatic heterocycles. The molecule has 114 valence electrons. The first-order valence-electron chi connectivity index (χ1n) is 8.11. The van der Waals surface area contributed by atoms with Gasteiger partial charge in [-0.25, -0.2) is 0 Å². The Morgan fingerprint density at radius 2 is 1.65 bits per heavy atom. The topological polar surface area (TPSA) is 35.2 Å². The fraction of sp³-hybridized carbons (Fsp3) is 0.667. The van der Waals surface area contributed by atoms with Crippen molar-refractivity contribution >= 4 is 0 Å². The highest BCUT2D eigenvalue weighted by Gasteiger charge is 2.05. The van der Waals surface area contributed by atoms with Gasteiger partial charge in [-0.3, -0.25) is 0 Å². The lowest BCUT2D eigenvalue weighted by Gasteiger charge is -2.12. The number of hydrogen-bond acceptors (Lipinski definition) is 2. The van der Waals surface area contributed by atoms with Gasteiger partial charge in [-0.05, 0) is 24.0 Å². The Balaban J connectivity index is 2.23. The van der Waals surface area contributed by atoms with Crippen LogP contribution in [-0.2, 0) is 11.2 Å². The molecule has 20 heavy (non-hydrogen) atoms. The van der Waals surface area contributed by atoms with Crippen LogP contribution in [0.25, 0.3) is 0 Å². The number of hydrogen-bond donors (Lipinski definition) is 1. The predicted octanol–water partition coefficient (Wildman–Crippen LogP) is 4.63. The van der Waals surface area contributed by atoms with E-state index >= 15 is 0 Å². The molecule has 0 saturated heterocycles. The van der Waals surface area contributed by atoms with E-state index in [1.54, 1.807) is 7.11 Å². The molecule has 0 heterocycles. The Hall–Kier alpha value is -0.860. The van der Waals surface area contributed by atoms with Crippen molar-refractivity contribution in [2.45, 2.75) is 64.3 Å². The number of methoxy groups -OCH3 is 1. The summed E-state index contributed by atoms with van der Waals surface area (Å²) in [6, 6.07) is 8.89. The molecule has 0 bridgehead atoms. The summed E-state index contributed by atoms with van der Waals surface area (Å²) in [4.78, 5) is 0. The maximum atomic E-state index is 6.26. The van der Waals surface area contributed by atoms with Crippen LogP contribution in [0.1, 0.15) is 69.0 Å². The summed E-state index contributed by atoms with van der Waals surface area (Å²) in [5.41, 5.74) is 8.85. The Bertz CT molecular complexity index is 334. The second-order valence-electron chi connectivity index (χ2n) is 5.65. The van der Waals surface area contributed by atoms with Crippen LogP contribution >= 0.6 is 0 Å². The molecule has 0 aromatic heterocycles. The molecule has 1 atom stereocenters. The molecule has 0 spiro atoms. The summed E-state index contributed by atoms with van der Waals surface area (Å²) >= 11 is 0. The van der Waals surface area contributed by atoms with E-state index in [-0.39, 0.29) is 6.04 Å². The van der Waals surface area contributed by atoms with Gasteiger partial charge in [0.1, 0.15) is 0 Å². The summed E-state index contributed by atoms with van der Waals surface area (Å²) in [6.45, 7) is 3.04. The average Bonchev–Trinajstić information content (AvgIpc) is 2.49. The lowest BCUT2D eigenvalue weighted by atomic mass is 9.99. The Morgan fingerprint density at radius 1 is 1.00 bits per heavy atom. The van der Waals surface area contributed by atoms with Gasteiger partial charge in [0.15, 0.2) is 0 Å². The zero-order valence-electron chi connectivity index (χ0n) is 13.2. The van der Waals surface area contributed by atoms with Gasteiger partial charge in [-0.2, -0.15) is 0 Å². The highest BCUT2D eigenvalue weighted by atomic mass is 16.5. The van der Waals surface area contributed by atoms with Gasteiger partial charge in [-0.15, -0.1) is 0 Å². The van der Waals surface area contributed by atoms with Crippen molar-refractivity contribution in [1.82, 2.24) is 0 Å². The van der Waals surface area contributed by atoms with Gasteiger partial charge < -0.3 is 10.5 Å². The minimum atomic E-state index is 0.192. The zero-order chi connectivity index (χ0) is 14.6. The van der Waals surface area contributed by atoms with Gasteiger partial charge >= 0.3 is 0 Å². The summed E-state index contributed by atoms with van der Waals surface area (Å²) in [7, 11) is 1.74. The quantitative estimate of drug-likeness (QED) is 0.599. The highest BCUT2D eigenvalue weighted by Crippen LogP contribution is 2.19. The van der Waals surface area contributed by atoms with E-state index < -0.39 is 0 Å². The normalized spacial score (nSPS) is 12.6. The van der Waals surface area contributed by atoms with Crippen LogP contribution in [0, 0.1) is 0 Å². The van der Waals surface area contributed by atoms with Crippen LogP contribution < -0.4 is 5.73 Å². The fourth-order valence-corrected chi connectivity index (χ4v) is 2.46. The molecular weight excluding hydrogens is 246 g/mol. The van der Waals surface area contributed by atoms with Crippen molar-refractivity contribution in [3.8, 4) is 0 Å². The molecule has 2 N–H and O–H groups in total. The largest absolute Gasteiger partial charge is 0.384 e. The molecule has 1 aromatic rings. The lowest BCUT2D eigenvalue weighted by molar-refractivity contribution is 0.202. The van der Waals surface area contributed by atoms with Gasteiger partial charge in [0.2, 0.25) is 0 Å². The van der Waals surface area contributed by atoms with E-state index in [0.29, 0.717) is 0 Å². The van der Waals surface area contributed by atoms with Crippen LogP contribution in [-0.4, -0.2) is 13.7 Å². The van der Waals surface area contributed by atoms with Gasteiger partial charge in [0.25, 0.3) is 0 Å². The molecule has 2 heteroatoms. The van der Waals surface area contributed by atoms with E-state index in [0.717, 1.165) is 19.4 Å². The minimum Gasteiger partial charge on any atom is -0.384 e. The Labute approximate surface area is 124 Å². The van der Waals surface area contributed by atoms with Crippen molar-refractivity contribution in [2.24, 2.45) is 5.73 Å². The highest BCUT2D eigenvalue weighted by molar-refractivity contribution is 5.24. The summed E-state index contributed by atoms with van der Waals surface area (Å²) in [5.74, 6) is 0. The third kappa shape index (κ3) is 7.06. The molecule has 1 rings (SSSR count). The SMILES string of the molecule is CCCCCCCCC(N)c1ccc(CCOC)cc1. The second kappa shape index (κ2) is 10.9. The van der Waals surface area contributed by atoms with Crippen LogP contribution in [0.3, 0.4) is 0 Å². The molecule has 0 radical (unpaired) electrons.